The highest BCUT2D eigenvalue weighted by Gasteiger charge is 2.19. The van der Waals surface area contributed by atoms with E-state index < -0.39 is 0 Å². The number of nitrogens with zero attached hydrogens (tertiary/aromatic N) is 1. The Balaban J connectivity index is 2.06. The molecule has 0 unspecified atom stereocenters. The lowest BCUT2D eigenvalue weighted by atomic mass is 10.1. The summed E-state index contributed by atoms with van der Waals surface area (Å²) in [6.07, 6.45) is 3.55. The number of piperidine rings is 1. The van der Waals surface area contributed by atoms with Crippen molar-refractivity contribution in [1.82, 2.24) is 5.32 Å². The van der Waals surface area contributed by atoms with Crippen LogP contribution in [0.5, 0.6) is 0 Å². The maximum Gasteiger partial charge on any atom is 0.251 e. The van der Waals surface area contributed by atoms with E-state index in [-0.39, 0.29) is 17.9 Å². The molecule has 1 aromatic rings. The van der Waals surface area contributed by atoms with Crippen molar-refractivity contribution in [2.45, 2.75) is 45.6 Å². The van der Waals surface area contributed by atoms with Gasteiger partial charge < -0.3 is 10.2 Å². The van der Waals surface area contributed by atoms with Gasteiger partial charge in [-0.25, -0.2) is 0 Å². The summed E-state index contributed by atoms with van der Waals surface area (Å²) in [4.78, 5) is 25.6. The number of hydrogen-bond donors (Lipinski definition) is 1. The third kappa shape index (κ3) is 3.38. The second-order valence-corrected chi connectivity index (χ2v) is 5.33. The average Bonchev–Trinajstić information content (AvgIpc) is 2.47. The molecule has 1 N–H and O–H groups in total. The van der Waals surface area contributed by atoms with Crippen LogP contribution in [0, 0.1) is 0 Å². The van der Waals surface area contributed by atoms with Crippen LogP contribution >= 0.6 is 0 Å². The topological polar surface area (TPSA) is 49.4 Å². The standard InChI is InChI=1S/C16H22N2O2/c1-3-12(2)17-16(20)13-7-9-14(10-8-13)18-11-5-4-6-15(18)19/h7-10,12H,3-6,11H2,1-2H3,(H,17,20)/t12-/m1/s1. The summed E-state index contributed by atoms with van der Waals surface area (Å²) in [6, 6.07) is 7.46. The lowest BCUT2D eigenvalue weighted by Crippen LogP contribution is -2.35. The summed E-state index contributed by atoms with van der Waals surface area (Å²) in [5.41, 5.74) is 1.52. The number of rotatable bonds is 4. The van der Waals surface area contributed by atoms with Gasteiger partial charge in [0.15, 0.2) is 0 Å². The molecule has 1 saturated heterocycles. The largest absolute Gasteiger partial charge is 0.350 e. The van der Waals surface area contributed by atoms with E-state index >= 15 is 0 Å². The van der Waals surface area contributed by atoms with E-state index in [2.05, 4.69) is 5.32 Å². The zero-order valence-electron chi connectivity index (χ0n) is 12.2. The molecule has 0 aliphatic carbocycles. The van der Waals surface area contributed by atoms with E-state index in [1.807, 2.05) is 26.0 Å². The first kappa shape index (κ1) is 14.6. The summed E-state index contributed by atoms with van der Waals surface area (Å²) in [6.45, 7) is 4.80. The highest BCUT2D eigenvalue weighted by atomic mass is 16.2. The quantitative estimate of drug-likeness (QED) is 0.917. The number of nitrogens with one attached hydrogen (secondary N) is 1. The minimum Gasteiger partial charge on any atom is -0.350 e. The Hall–Kier alpha value is -1.84. The molecule has 1 aliphatic rings. The molecular weight excluding hydrogens is 252 g/mol. The summed E-state index contributed by atoms with van der Waals surface area (Å²) in [5.74, 6) is 0.115. The Kier molecular flexibility index (Phi) is 4.77. The molecule has 108 valence electrons. The van der Waals surface area contributed by atoms with Crippen molar-refractivity contribution < 1.29 is 9.59 Å². The third-order valence-corrected chi connectivity index (χ3v) is 3.75. The van der Waals surface area contributed by atoms with Gasteiger partial charge in [-0.15, -0.1) is 0 Å². The molecule has 0 bridgehead atoms. The second kappa shape index (κ2) is 6.55. The van der Waals surface area contributed by atoms with Crippen molar-refractivity contribution >= 4 is 17.5 Å². The fourth-order valence-corrected chi connectivity index (χ4v) is 2.28. The van der Waals surface area contributed by atoms with Gasteiger partial charge in [0.1, 0.15) is 0 Å². The van der Waals surface area contributed by atoms with Crippen LogP contribution in [0.2, 0.25) is 0 Å². The zero-order valence-corrected chi connectivity index (χ0v) is 12.2. The monoisotopic (exact) mass is 274 g/mol. The van der Waals surface area contributed by atoms with Gasteiger partial charge in [-0.05, 0) is 50.5 Å². The fraction of sp³-hybridized carbons (Fsp3) is 0.500. The van der Waals surface area contributed by atoms with E-state index in [4.69, 9.17) is 0 Å². The lowest BCUT2D eigenvalue weighted by molar-refractivity contribution is -0.119. The summed E-state index contributed by atoms with van der Waals surface area (Å²) in [7, 11) is 0. The smallest absolute Gasteiger partial charge is 0.251 e. The number of hydrogen-bond acceptors (Lipinski definition) is 2. The van der Waals surface area contributed by atoms with Crippen molar-refractivity contribution in [2.24, 2.45) is 0 Å². The molecule has 1 heterocycles. The van der Waals surface area contributed by atoms with Crippen LogP contribution in [0.25, 0.3) is 0 Å². The number of anilines is 1. The molecule has 0 spiro atoms. The Labute approximate surface area is 120 Å². The minimum atomic E-state index is -0.0594. The molecule has 2 amide bonds. The van der Waals surface area contributed by atoms with E-state index in [1.54, 1.807) is 17.0 Å². The van der Waals surface area contributed by atoms with E-state index in [9.17, 15) is 9.59 Å². The van der Waals surface area contributed by atoms with Crippen LogP contribution in [-0.2, 0) is 4.79 Å². The molecule has 2 rings (SSSR count). The molecule has 4 nitrogen and oxygen atoms in total. The highest BCUT2D eigenvalue weighted by molar-refractivity contribution is 5.97. The fourth-order valence-electron chi connectivity index (χ4n) is 2.28. The van der Waals surface area contributed by atoms with Gasteiger partial charge in [-0.2, -0.15) is 0 Å². The molecule has 1 fully saturated rings. The maximum atomic E-state index is 12.0. The average molecular weight is 274 g/mol. The van der Waals surface area contributed by atoms with Gasteiger partial charge in [0, 0.05) is 30.3 Å². The van der Waals surface area contributed by atoms with Gasteiger partial charge in [0.05, 0.1) is 0 Å². The lowest BCUT2D eigenvalue weighted by Gasteiger charge is -2.26. The summed E-state index contributed by atoms with van der Waals surface area (Å²) >= 11 is 0. The normalized spacial score (nSPS) is 16.9. The predicted octanol–water partition coefficient (Wildman–Crippen LogP) is 2.73. The first-order valence-corrected chi connectivity index (χ1v) is 7.33. The minimum absolute atomic E-state index is 0.0594. The van der Waals surface area contributed by atoms with Crippen molar-refractivity contribution in [1.29, 1.82) is 0 Å². The molecule has 0 saturated carbocycles. The van der Waals surface area contributed by atoms with Crippen LogP contribution in [0.15, 0.2) is 24.3 Å². The Morgan fingerprint density at radius 2 is 2.00 bits per heavy atom. The summed E-state index contributed by atoms with van der Waals surface area (Å²) < 4.78 is 0. The van der Waals surface area contributed by atoms with Gasteiger partial charge in [0.2, 0.25) is 5.91 Å². The first-order chi connectivity index (χ1) is 9.61. The molecule has 1 aliphatic heterocycles. The Bertz CT molecular complexity index is 482. The first-order valence-electron chi connectivity index (χ1n) is 7.33. The van der Waals surface area contributed by atoms with Crippen LogP contribution in [-0.4, -0.2) is 24.4 Å². The molecule has 0 radical (unpaired) electrons. The SMILES string of the molecule is CC[C@@H](C)NC(=O)c1ccc(N2CCCCC2=O)cc1. The molecule has 4 heteroatoms. The maximum absolute atomic E-state index is 12.0. The van der Waals surface area contributed by atoms with Gasteiger partial charge >= 0.3 is 0 Å². The predicted molar refractivity (Wildman–Crippen MR) is 79.9 cm³/mol. The van der Waals surface area contributed by atoms with E-state index in [1.165, 1.54) is 0 Å². The van der Waals surface area contributed by atoms with Crippen molar-refractivity contribution in [3.63, 3.8) is 0 Å². The van der Waals surface area contributed by atoms with Crippen LogP contribution in [0.4, 0.5) is 5.69 Å². The highest BCUT2D eigenvalue weighted by Crippen LogP contribution is 2.21. The number of benzene rings is 1. The van der Waals surface area contributed by atoms with Crippen molar-refractivity contribution in [3.05, 3.63) is 29.8 Å². The molecule has 0 aromatic heterocycles. The number of amides is 2. The third-order valence-electron chi connectivity index (χ3n) is 3.75. The molecule has 1 aromatic carbocycles. The van der Waals surface area contributed by atoms with E-state index in [0.717, 1.165) is 31.5 Å². The van der Waals surface area contributed by atoms with Gasteiger partial charge in [0.25, 0.3) is 5.91 Å². The Morgan fingerprint density at radius 1 is 1.30 bits per heavy atom. The molecule has 20 heavy (non-hydrogen) atoms. The van der Waals surface area contributed by atoms with Crippen LogP contribution in [0.1, 0.15) is 49.9 Å². The molecular formula is C16H22N2O2. The summed E-state index contributed by atoms with van der Waals surface area (Å²) in [5, 5.41) is 2.93. The Morgan fingerprint density at radius 3 is 2.60 bits per heavy atom. The van der Waals surface area contributed by atoms with Crippen molar-refractivity contribution in [3.8, 4) is 0 Å². The number of carbonyl (C=O) groups excluding carboxylic acids is 2. The van der Waals surface area contributed by atoms with Crippen molar-refractivity contribution in [2.75, 3.05) is 11.4 Å². The second-order valence-electron chi connectivity index (χ2n) is 5.33. The molecule has 1 atom stereocenters. The van der Waals surface area contributed by atoms with Gasteiger partial charge in [-0.3, -0.25) is 9.59 Å². The van der Waals surface area contributed by atoms with Crippen LogP contribution in [0.3, 0.4) is 0 Å². The zero-order chi connectivity index (χ0) is 14.5. The number of carbonyl (C=O) groups is 2. The van der Waals surface area contributed by atoms with Crippen LogP contribution < -0.4 is 10.2 Å². The van der Waals surface area contributed by atoms with E-state index in [0.29, 0.717) is 12.0 Å². The van der Waals surface area contributed by atoms with Gasteiger partial charge in [-0.1, -0.05) is 6.92 Å².